The quantitative estimate of drug-likeness (QED) is 0.746. The highest BCUT2D eigenvalue weighted by Gasteiger charge is 2.28. The first-order valence-electron chi connectivity index (χ1n) is 9.06. The summed E-state index contributed by atoms with van der Waals surface area (Å²) in [6.07, 6.45) is 1.30. The molecule has 1 N–H and O–H groups in total. The Morgan fingerprint density at radius 1 is 1.30 bits per heavy atom. The van der Waals surface area contributed by atoms with E-state index in [2.05, 4.69) is 11.4 Å². The van der Waals surface area contributed by atoms with Crippen molar-refractivity contribution in [1.29, 1.82) is 0 Å². The van der Waals surface area contributed by atoms with Gasteiger partial charge in [0.25, 0.3) is 5.91 Å². The van der Waals surface area contributed by atoms with Crippen LogP contribution in [0.25, 0.3) is 10.9 Å². The van der Waals surface area contributed by atoms with E-state index in [1.165, 1.54) is 0 Å². The van der Waals surface area contributed by atoms with E-state index < -0.39 is 0 Å². The largest absolute Gasteiger partial charge is 0.347 e. The molecule has 1 saturated heterocycles. The van der Waals surface area contributed by atoms with Gasteiger partial charge in [-0.3, -0.25) is 14.5 Å². The number of amides is 2. The Hall–Kier alpha value is -2.73. The maximum Gasteiger partial charge on any atom is 0.255 e. The van der Waals surface area contributed by atoms with Crippen molar-refractivity contribution in [3.8, 4) is 0 Å². The van der Waals surface area contributed by atoms with Crippen LogP contribution in [0.4, 0.5) is 5.82 Å². The summed E-state index contributed by atoms with van der Waals surface area (Å²) in [7, 11) is 0. The minimum atomic E-state index is -0.201. The van der Waals surface area contributed by atoms with Crippen LogP contribution in [0.5, 0.6) is 0 Å². The monoisotopic (exact) mass is 379 g/mol. The fraction of sp³-hybridized carbons (Fsp3) is 0.286. The molecular weight excluding hydrogens is 358 g/mol. The van der Waals surface area contributed by atoms with Crippen LogP contribution >= 0.6 is 11.3 Å². The number of hydrogen-bond acceptors (Lipinski definition) is 4. The molecule has 0 spiro atoms. The van der Waals surface area contributed by atoms with E-state index in [-0.39, 0.29) is 11.8 Å². The van der Waals surface area contributed by atoms with Gasteiger partial charge in [-0.05, 0) is 55.0 Å². The predicted molar refractivity (Wildman–Crippen MR) is 108 cm³/mol. The van der Waals surface area contributed by atoms with Gasteiger partial charge in [0, 0.05) is 23.2 Å². The number of nitrogens with one attached hydrogen (secondary N) is 1. The Balaban J connectivity index is 1.78. The number of nitrogens with zero attached hydrogens (tertiary/aromatic N) is 2. The number of hydrogen-bond donors (Lipinski definition) is 1. The van der Waals surface area contributed by atoms with E-state index in [1.807, 2.05) is 43.5 Å². The molecule has 0 unspecified atom stereocenters. The number of fused-ring (bicyclic) bond motifs is 1. The van der Waals surface area contributed by atoms with Gasteiger partial charge in [0.15, 0.2) is 0 Å². The highest BCUT2D eigenvalue weighted by Crippen LogP contribution is 2.29. The van der Waals surface area contributed by atoms with Crippen LogP contribution < -0.4 is 10.2 Å². The molecule has 1 fully saturated rings. The van der Waals surface area contributed by atoms with Crippen LogP contribution in [0.15, 0.2) is 35.7 Å². The normalized spacial score (nSPS) is 14.1. The van der Waals surface area contributed by atoms with Crippen molar-refractivity contribution in [3.63, 3.8) is 0 Å². The molecule has 3 heterocycles. The lowest BCUT2D eigenvalue weighted by atomic mass is 10.0. The Kier molecular flexibility index (Phi) is 4.66. The Labute approximate surface area is 162 Å². The molecule has 27 heavy (non-hydrogen) atoms. The summed E-state index contributed by atoms with van der Waals surface area (Å²) in [5.41, 5.74) is 3.46. The van der Waals surface area contributed by atoms with Crippen LogP contribution in [0.2, 0.25) is 0 Å². The van der Waals surface area contributed by atoms with Gasteiger partial charge in [0.05, 0.1) is 17.6 Å². The maximum atomic E-state index is 13.0. The summed E-state index contributed by atoms with van der Waals surface area (Å²) in [6, 6.07) is 9.91. The first-order valence-corrected chi connectivity index (χ1v) is 9.94. The van der Waals surface area contributed by atoms with Gasteiger partial charge in [-0.2, -0.15) is 0 Å². The maximum absolute atomic E-state index is 13.0. The fourth-order valence-electron chi connectivity index (χ4n) is 3.54. The van der Waals surface area contributed by atoms with Crippen LogP contribution in [0.3, 0.4) is 0 Å². The van der Waals surface area contributed by atoms with Gasteiger partial charge >= 0.3 is 0 Å². The lowest BCUT2D eigenvalue weighted by Crippen LogP contribution is -2.30. The minimum absolute atomic E-state index is 0.0264. The summed E-state index contributed by atoms with van der Waals surface area (Å²) in [5, 5.41) is 5.90. The highest BCUT2D eigenvalue weighted by molar-refractivity contribution is 7.09. The molecule has 0 bridgehead atoms. The number of carbonyl (C=O) groups excluding carboxylic acids is 2. The van der Waals surface area contributed by atoms with Gasteiger partial charge < -0.3 is 5.32 Å². The molecule has 0 radical (unpaired) electrons. The second kappa shape index (κ2) is 7.12. The number of carbonyl (C=O) groups is 2. The standard InChI is InChI=1S/C21H21N3O2S/c1-13-9-14(2)16-11-17(21(26)22-12-15-5-4-8-27-15)20(23-18(16)10-13)24-7-3-6-19(24)25/h4-5,8-11H,3,6-7,12H2,1-2H3,(H,22,26). The molecule has 5 nitrogen and oxygen atoms in total. The first kappa shape index (κ1) is 17.7. The second-order valence-corrected chi connectivity index (χ2v) is 7.95. The second-order valence-electron chi connectivity index (χ2n) is 6.92. The lowest BCUT2D eigenvalue weighted by Gasteiger charge is -2.19. The third-order valence-corrected chi connectivity index (χ3v) is 5.72. The molecule has 3 aromatic rings. The fourth-order valence-corrected chi connectivity index (χ4v) is 4.19. The summed E-state index contributed by atoms with van der Waals surface area (Å²) in [5.74, 6) is 0.296. The Morgan fingerprint density at radius 3 is 2.85 bits per heavy atom. The zero-order chi connectivity index (χ0) is 19.0. The van der Waals surface area contributed by atoms with Crippen molar-refractivity contribution < 1.29 is 9.59 Å². The number of anilines is 1. The zero-order valence-corrected chi connectivity index (χ0v) is 16.2. The van der Waals surface area contributed by atoms with Crippen LogP contribution in [0.1, 0.15) is 39.2 Å². The average molecular weight is 379 g/mol. The van der Waals surface area contributed by atoms with Gasteiger partial charge in [0.1, 0.15) is 5.82 Å². The van der Waals surface area contributed by atoms with Crippen molar-refractivity contribution in [3.05, 3.63) is 57.3 Å². The molecule has 0 atom stereocenters. The van der Waals surface area contributed by atoms with E-state index in [4.69, 9.17) is 4.98 Å². The minimum Gasteiger partial charge on any atom is -0.347 e. The summed E-state index contributed by atoms with van der Waals surface area (Å²) in [4.78, 5) is 32.8. The topological polar surface area (TPSA) is 62.3 Å². The molecule has 1 aliphatic heterocycles. The van der Waals surface area contributed by atoms with Gasteiger partial charge in [-0.25, -0.2) is 4.98 Å². The average Bonchev–Trinajstić information content (AvgIpc) is 3.30. The van der Waals surface area contributed by atoms with E-state index in [9.17, 15) is 9.59 Å². The molecule has 2 aromatic heterocycles. The number of pyridine rings is 1. The molecule has 1 aromatic carbocycles. The zero-order valence-electron chi connectivity index (χ0n) is 15.4. The van der Waals surface area contributed by atoms with Crippen LogP contribution in [-0.2, 0) is 11.3 Å². The molecule has 138 valence electrons. The van der Waals surface area contributed by atoms with Crippen LogP contribution in [0, 0.1) is 13.8 Å². The van der Waals surface area contributed by atoms with Crippen molar-refractivity contribution in [2.45, 2.75) is 33.2 Å². The Morgan fingerprint density at radius 2 is 2.15 bits per heavy atom. The van der Waals surface area contributed by atoms with Gasteiger partial charge in [0.2, 0.25) is 5.91 Å². The number of aryl methyl sites for hydroxylation is 2. The molecule has 6 heteroatoms. The molecule has 0 saturated carbocycles. The van der Waals surface area contributed by atoms with Gasteiger partial charge in [-0.1, -0.05) is 12.1 Å². The number of thiophene rings is 1. The van der Waals surface area contributed by atoms with E-state index in [1.54, 1.807) is 16.2 Å². The first-order chi connectivity index (χ1) is 13.0. The van der Waals surface area contributed by atoms with Crippen molar-refractivity contribution >= 4 is 39.9 Å². The number of aromatic nitrogens is 1. The number of benzene rings is 1. The number of rotatable bonds is 4. The molecule has 2 amide bonds. The predicted octanol–water partition coefficient (Wildman–Crippen LogP) is 3.97. The SMILES string of the molecule is Cc1cc(C)c2cc(C(=O)NCc3cccs3)c(N3CCCC3=O)nc2c1. The van der Waals surface area contributed by atoms with Crippen LogP contribution in [-0.4, -0.2) is 23.3 Å². The molecular formula is C21H21N3O2S. The highest BCUT2D eigenvalue weighted by atomic mass is 32.1. The summed E-state index contributed by atoms with van der Waals surface area (Å²) < 4.78 is 0. The van der Waals surface area contributed by atoms with E-state index in [0.29, 0.717) is 30.9 Å². The van der Waals surface area contributed by atoms with E-state index >= 15 is 0 Å². The summed E-state index contributed by atoms with van der Waals surface area (Å²) in [6.45, 7) is 5.11. The summed E-state index contributed by atoms with van der Waals surface area (Å²) >= 11 is 1.60. The van der Waals surface area contributed by atoms with E-state index in [0.717, 1.165) is 33.3 Å². The molecule has 4 rings (SSSR count). The van der Waals surface area contributed by atoms with Crippen molar-refractivity contribution in [2.75, 3.05) is 11.4 Å². The lowest BCUT2D eigenvalue weighted by molar-refractivity contribution is -0.117. The van der Waals surface area contributed by atoms with Crippen molar-refractivity contribution in [2.24, 2.45) is 0 Å². The third kappa shape index (κ3) is 3.45. The van der Waals surface area contributed by atoms with Crippen molar-refractivity contribution in [1.82, 2.24) is 10.3 Å². The van der Waals surface area contributed by atoms with Gasteiger partial charge in [-0.15, -0.1) is 11.3 Å². The smallest absolute Gasteiger partial charge is 0.255 e. The molecule has 0 aliphatic carbocycles. The Bertz CT molecular complexity index is 1030. The molecule has 1 aliphatic rings. The third-order valence-electron chi connectivity index (χ3n) is 4.84.